The second-order valence-corrected chi connectivity index (χ2v) is 15.4. The van der Waals surface area contributed by atoms with E-state index in [0.29, 0.717) is 36.6 Å². The molecule has 1 heterocycles. The summed E-state index contributed by atoms with van der Waals surface area (Å²) in [5.74, 6) is 1.62. The Labute approximate surface area is 191 Å². The van der Waals surface area contributed by atoms with E-state index in [4.69, 9.17) is 5.11 Å². The van der Waals surface area contributed by atoms with Crippen LogP contribution in [0.15, 0.2) is 29.3 Å². The summed E-state index contributed by atoms with van der Waals surface area (Å²) < 4.78 is 70.3. The van der Waals surface area contributed by atoms with Gasteiger partial charge >= 0.3 is 12.1 Å². The van der Waals surface area contributed by atoms with Gasteiger partial charge in [0.1, 0.15) is 14.6 Å². The van der Waals surface area contributed by atoms with Crippen LogP contribution in [0.2, 0.25) is 19.6 Å². The molecule has 2 N–H and O–H groups in total. The van der Waals surface area contributed by atoms with Gasteiger partial charge in [0.2, 0.25) is 10.0 Å². The summed E-state index contributed by atoms with van der Waals surface area (Å²) in [6.07, 6.45) is -1.83. The van der Waals surface area contributed by atoms with E-state index in [-0.39, 0.29) is 12.1 Å². The first-order chi connectivity index (χ1) is 15.2. The predicted octanol–water partition coefficient (Wildman–Crippen LogP) is 3.57. The number of aliphatic carboxylic acids is 1. The molecule has 12 heteroatoms. The molecule has 1 aliphatic carbocycles. The van der Waals surface area contributed by atoms with Crippen molar-refractivity contribution < 1.29 is 31.5 Å². The zero-order valence-corrected chi connectivity index (χ0v) is 20.1. The summed E-state index contributed by atoms with van der Waals surface area (Å²) >= 11 is 0. The predicted molar refractivity (Wildman–Crippen MR) is 118 cm³/mol. The molecular formula is C21H24F3N3O4SSi. The Balaban J connectivity index is 1.99. The number of hydrogen-bond donors (Lipinski definition) is 2. The van der Waals surface area contributed by atoms with Crippen LogP contribution in [0.5, 0.6) is 0 Å². The van der Waals surface area contributed by atoms with E-state index in [1.54, 1.807) is 0 Å². The number of aromatic nitrogens is 2. The van der Waals surface area contributed by atoms with Crippen molar-refractivity contribution in [3.05, 3.63) is 46.8 Å². The Morgan fingerprint density at radius 2 is 2.00 bits per heavy atom. The van der Waals surface area contributed by atoms with Gasteiger partial charge in [0.25, 0.3) is 0 Å². The Hall–Kier alpha value is -2.62. The van der Waals surface area contributed by atoms with E-state index < -0.39 is 46.7 Å². The molecule has 0 radical (unpaired) electrons. The van der Waals surface area contributed by atoms with Crippen molar-refractivity contribution in [2.75, 3.05) is 0 Å². The third kappa shape index (κ3) is 6.25. The van der Waals surface area contributed by atoms with Crippen LogP contribution >= 0.6 is 0 Å². The SMILES string of the molecule is C[Si](C)(C)C#Cc1cc(C(F)(F)F)cc(S(=O)(=O)NC2CCCc3c2cnn3CC(=O)O)c1. The van der Waals surface area contributed by atoms with Gasteiger partial charge in [0, 0.05) is 16.8 Å². The molecule has 2 aromatic rings. The molecule has 0 aliphatic heterocycles. The third-order valence-electron chi connectivity index (χ3n) is 4.97. The Kier molecular flexibility index (Phi) is 6.79. The molecule has 1 atom stereocenters. The largest absolute Gasteiger partial charge is 0.480 e. The standard InChI is InChI=1S/C21H24F3N3O4SSi/c1-33(2,3)8-7-14-9-15(21(22,23)24)11-16(10-14)32(30,31)26-18-5-4-6-19-17(18)12-25-27(19)13-20(28)29/h9-12,18,26H,4-6,13H2,1-3H3,(H,28,29). The van der Waals surface area contributed by atoms with Crippen LogP contribution in [0, 0.1) is 11.5 Å². The van der Waals surface area contributed by atoms with Crippen molar-refractivity contribution in [1.82, 2.24) is 14.5 Å². The molecule has 0 saturated heterocycles. The number of benzene rings is 1. The van der Waals surface area contributed by atoms with E-state index in [2.05, 4.69) is 21.3 Å². The molecule has 0 amide bonds. The maximum atomic E-state index is 13.5. The van der Waals surface area contributed by atoms with Crippen molar-refractivity contribution in [3.8, 4) is 11.5 Å². The number of carbonyl (C=O) groups is 1. The maximum Gasteiger partial charge on any atom is 0.416 e. The number of fused-ring (bicyclic) bond motifs is 1. The van der Waals surface area contributed by atoms with Crippen LogP contribution in [0.4, 0.5) is 13.2 Å². The van der Waals surface area contributed by atoms with Crippen LogP contribution in [-0.2, 0) is 34.0 Å². The molecule has 1 aromatic heterocycles. The average Bonchev–Trinajstić information content (AvgIpc) is 3.08. The van der Waals surface area contributed by atoms with E-state index in [1.807, 2.05) is 19.6 Å². The molecule has 3 rings (SSSR count). The van der Waals surface area contributed by atoms with E-state index >= 15 is 0 Å². The molecule has 1 aliphatic rings. The quantitative estimate of drug-likeness (QED) is 0.484. The zero-order valence-electron chi connectivity index (χ0n) is 18.3. The normalized spacial score (nSPS) is 16.6. The first-order valence-corrected chi connectivity index (χ1v) is 15.2. The van der Waals surface area contributed by atoms with Gasteiger partial charge in [-0.1, -0.05) is 25.6 Å². The molecule has 1 unspecified atom stereocenters. The highest BCUT2D eigenvalue weighted by molar-refractivity contribution is 7.89. The molecule has 0 spiro atoms. The van der Waals surface area contributed by atoms with Gasteiger partial charge in [-0.25, -0.2) is 13.1 Å². The van der Waals surface area contributed by atoms with Crippen molar-refractivity contribution in [2.45, 2.75) is 62.6 Å². The molecule has 33 heavy (non-hydrogen) atoms. The number of sulfonamides is 1. The summed E-state index contributed by atoms with van der Waals surface area (Å²) in [5, 5.41) is 13.1. The summed E-state index contributed by atoms with van der Waals surface area (Å²) in [6, 6.07) is 1.86. The van der Waals surface area contributed by atoms with Gasteiger partial charge in [0.15, 0.2) is 0 Å². The second-order valence-electron chi connectivity index (χ2n) is 8.91. The van der Waals surface area contributed by atoms with Crippen molar-refractivity contribution in [3.63, 3.8) is 0 Å². The number of nitrogens with zero attached hydrogens (tertiary/aromatic N) is 2. The van der Waals surface area contributed by atoms with Crippen LogP contribution in [0.1, 0.15) is 41.3 Å². The average molecular weight is 500 g/mol. The monoisotopic (exact) mass is 499 g/mol. The molecule has 7 nitrogen and oxygen atoms in total. The lowest BCUT2D eigenvalue weighted by Crippen LogP contribution is -2.31. The molecular weight excluding hydrogens is 475 g/mol. The number of rotatable bonds is 5. The van der Waals surface area contributed by atoms with E-state index in [0.717, 1.165) is 12.1 Å². The van der Waals surface area contributed by atoms with Gasteiger partial charge in [-0.2, -0.15) is 18.3 Å². The number of carboxylic acids is 1. The molecule has 1 aromatic carbocycles. The highest BCUT2D eigenvalue weighted by atomic mass is 32.2. The van der Waals surface area contributed by atoms with Crippen molar-refractivity contribution in [1.29, 1.82) is 0 Å². The van der Waals surface area contributed by atoms with Crippen LogP contribution in [0.25, 0.3) is 0 Å². The lowest BCUT2D eigenvalue weighted by Gasteiger charge is -2.24. The smallest absolute Gasteiger partial charge is 0.416 e. The van der Waals surface area contributed by atoms with Gasteiger partial charge in [-0.3, -0.25) is 9.48 Å². The van der Waals surface area contributed by atoms with Gasteiger partial charge in [-0.05, 0) is 37.5 Å². The first-order valence-electron chi connectivity index (χ1n) is 10.2. The number of nitrogens with one attached hydrogen (secondary N) is 1. The van der Waals surface area contributed by atoms with Crippen LogP contribution < -0.4 is 4.72 Å². The first kappa shape index (κ1) is 25.0. The minimum absolute atomic E-state index is 0.0220. The highest BCUT2D eigenvalue weighted by Crippen LogP contribution is 2.34. The zero-order chi connectivity index (χ0) is 24.6. The number of carboxylic acid groups (broad SMARTS) is 1. The Morgan fingerprint density at radius 1 is 1.30 bits per heavy atom. The van der Waals surface area contributed by atoms with Gasteiger partial charge in [-0.15, -0.1) is 5.54 Å². The minimum Gasteiger partial charge on any atom is -0.480 e. The lowest BCUT2D eigenvalue weighted by atomic mass is 9.94. The number of hydrogen-bond acceptors (Lipinski definition) is 4. The number of halogens is 3. The lowest BCUT2D eigenvalue weighted by molar-refractivity contribution is -0.138. The third-order valence-corrected chi connectivity index (χ3v) is 7.30. The number of alkyl halides is 3. The fourth-order valence-electron chi connectivity index (χ4n) is 3.51. The van der Waals surface area contributed by atoms with E-state index in [1.165, 1.54) is 10.9 Å². The van der Waals surface area contributed by atoms with E-state index in [9.17, 15) is 26.4 Å². The summed E-state index contributed by atoms with van der Waals surface area (Å²) in [4.78, 5) is 10.5. The minimum atomic E-state index is -4.74. The Morgan fingerprint density at radius 3 is 2.61 bits per heavy atom. The van der Waals surface area contributed by atoms with Crippen LogP contribution in [0.3, 0.4) is 0 Å². The molecule has 0 saturated carbocycles. The Bertz CT molecular complexity index is 1240. The highest BCUT2D eigenvalue weighted by Gasteiger charge is 2.34. The fraction of sp³-hybridized carbons (Fsp3) is 0.429. The second kappa shape index (κ2) is 8.96. The van der Waals surface area contributed by atoms with Crippen molar-refractivity contribution in [2.24, 2.45) is 0 Å². The summed E-state index contributed by atoms with van der Waals surface area (Å²) in [6.45, 7) is 5.43. The van der Waals surface area contributed by atoms with Gasteiger partial charge in [0.05, 0.1) is 22.7 Å². The molecule has 0 fully saturated rings. The fourth-order valence-corrected chi connectivity index (χ4v) is 5.35. The van der Waals surface area contributed by atoms with Gasteiger partial charge < -0.3 is 5.11 Å². The molecule has 0 bridgehead atoms. The summed E-state index contributed by atoms with van der Waals surface area (Å²) in [5.41, 5.74) is 2.96. The van der Waals surface area contributed by atoms with Crippen LogP contribution in [-0.4, -0.2) is 37.3 Å². The maximum absolute atomic E-state index is 13.5. The topological polar surface area (TPSA) is 101 Å². The summed E-state index contributed by atoms with van der Waals surface area (Å²) in [7, 11) is -6.24. The van der Waals surface area contributed by atoms with Crippen molar-refractivity contribution >= 4 is 24.1 Å². The molecule has 178 valence electrons.